The maximum Gasteiger partial charge on any atom is 0.264 e. The number of hydrogen-bond acceptors (Lipinski definition) is 4. The van der Waals surface area contributed by atoms with Crippen molar-refractivity contribution in [3.63, 3.8) is 0 Å². The van der Waals surface area contributed by atoms with Gasteiger partial charge in [0.2, 0.25) is 11.8 Å². The van der Waals surface area contributed by atoms with Gasteiger partial charge in [0.1, 0.15) is 12.6 Å². The third-order valence-corrected chi connectivity index (χ3v) is 9.92. The number of nitrogens with zero attached hydrogens (tertiary/aromatic N) is 2. The van der Waals surface area contributed by atoms with Gasteiger partial charge in [0, 0.05) is 23.5 Å². The molecule has 0 saturated heterocycles. The van der Waals surface area contributed by atoms with Crippen LogP contribution in [0.3, 0.4) is 0 Å². The fraction of sp³-hybridized carbons (Fsp3) is 0.257. The number of amides is 2. The van der Waals surface area contributed by atoms with Crippen LogP contribution in [0.4, 0.5) is 5.69 Å². The molecular weight excluding hydrogens is 638 g/mol. The molecule has 0 aliphatic rings. The van der Waals surface area contributed by atoms with Crippen molar-refractivity contribution in [2.24, 2.45) is 0 Å². The highest BCUT2D eigenvalue weighted by Crippen LogP contribution is 2.26. The highest BCUT2D eigenvalue weighted by atomic mass is 79.9. The topological polar surface area (TPSA) is 86.8 Å². The van der Waals surface area contributed by atoms with Crippen LogP contribution in [-0.4, -0.2) is 43.8 Å². The summed E-state index contributed by atoms with van der Waals surface area (Å²) in [4.78, 5) is 30.0. The molecule has 0 aliphatic heterocycles. The maximum absolute atomic E-state index is 14.5. The summed E-state index contributed by atoms with van der Waals surface area (Å²) in [5.41, 5.74) is 3.06. The molecule has 4 aromatic carbocycles. The molecule has 0 fully saturated rings. The number of carbonyl (C=O) groups is 2. The zero-order valence-electron chi connectivity index (χ0n) is 25.2. The Hall–Kier alpha value is -3.95. The lowest BCUT2D eigenvalue weighted by Crippen LogP contribution is -2.54. The number of benzene rings is 4. The van der Waals surface area contributed by atoms with Crippen molar-refractivity contribution in [1.82, 2.24) is 10.2 Å². The van der Waals surface area contributed by atoms with Gasteiger partial charge in [0.05, 0.1) is 10.6 Å². The van der Waals surface area contributed by atoms with Gasteiger partial charge < -0.3 is 10.2 Å². The number of halogens is 1. The van der Waals surface area contributed by atoms with E-state index in [0.29, 0.717) is 5.69 Å². The van der Waals surface area contributed by atoms with Crippen molar-refractivity contribution in [2.75, 3.05) is 10.8 Å². The van der Waals surface area contributed by atoms with Crippen molar-refractivity contribution in [3.8, 4) is 0 Å². The van der Waals surface area contributed by atoms with E-state index in [1.807, 2.05) is 75.4 Å². The van der Waals surface area contributed by atoms with Crippen LogP contribution >= 0.6 is 15.9 Å². The predicted octanol–water partition coefficient (Wildman–Crippen LogP) is 6.51. The summed E-state index contributed by atoms with van der Waals surface area (Å²) in [6, 6.07) is 31.1. The molecule has 0 bridgehead atoms. The number of hydrogen-bond donors (Lipinski definition) is 1. The van der Waals surface area contributed by atoms with Gasteiger partial charge in [-0.05, 0) is 73.4 Å². The molecule has 4 rings (SSSR count). The summed E-state index contributed by atoms with van der Waals surface area (Å²) in [6.07, 6.45) is 0.993. The molecule has 0 spiro atoms. The van der Waals surface area contributed by atoms with Crippen LogP contribution in [0.2, 0.25) is 0 Å². The van der Waals surface area contributed by atoms with E-state index in [-0.39, 0.29) is 29.8 Å². The van der Waals surface area contributed by atoms with Crippen LogP contribution in [0.1, 0.15) is 37.0 Å². The second kappa shape index (κ2) is 15.2. The van der Waals surface area contributed by atoms with Crippen LogP contribution < -0.4 is 9.62 Å². The first-order valence-electron chi connectivity index (χ1n) is 14.6. The molecule has 2 amide bonds. The predicted molar refractivity (Wildman–Crippen MR) is 179 cm³/mol. The summed E-state index contributed by atoms with van der Waals surface area (Å²) in [7, 11) is -4.13. The number of nitrogens with one attached hydrogen (secondary N) is 1. The van der Waals surface area contributed by atoms with Gasteiger partial charge >= 0.3 is 0 Å². The Labute approximate surface area is 269 Å². The molecule has 1 N–H and O–H groups in total. The summed E-state index contributed by atoms with van der Waals surface area (Å²) in [5.74, 6) is -0.776. The zero-order valence-corrected chi connectivity index (χ0v) is 27.6. The normalized spacial score (nSPS) is 12.6. The third-order valence-electron chi connectivity index (χ3n) is 7.60. The van der Waals surface area contributed by atoms with E-state index in [1.165, 1.54) is 17.0 Å². The third kappa shape index (κ3) is 8.36. The highest BCUT2D eigenvalue weighted by molar-refractivity contribution is 9.10. The molecule has 0 aromatic heterocycles. The number of sulfonamides is 1. The monoisotopic (exact) mass is 675 g/mol. The van der Waals surface area contributed by atoms with Gasteiger partial charge in [0.15, 0.2) is 0 Å². The maximum atomic E-state index is 14.5. The van der Waals surface area contributed by atoms with Crippen molar-refractivity contribution in [1.29, 1.82) is 0 Å². The van der Waals surface area contributed by atoms with Gasteiger partial charge in [-0.1, -0.05) is 95.7 Å². The van der Waals surface area contributed by atoms with Crippen LogP contribution in [0.5, 0.6) is 0 Å². The van der Waals surface area contributed by atoms with Crippen molar-refractivity contribution in [2.45, 2.75) is 57.1 Å². The molecule has 0 heterocycles. The lowest BCUT2D eigenvalue weighted by atomic mass is 10.0. The largest absolute Gasteiger partial charge is 0.352 e. The second-order valence-corrected chi connectivity index (χ2v) is 13.6. The minimum atomic E-state index is -4.13. The van der Waals surface area contributed by atoms with Crippen LogP contribution in [-0.2, 0) is 32.6 Å². The van der Waals surface area contributed by atoms with E-state index >= 15 is 0 Å². The molecule has 9 heteroatoms. The number of anilines is 1. The van der Waals surface area contributed by atoms with Crippen LogP contribution in [0, 0.1) is 6.92 Å². The van der Waals surface area contributed by atoms with Crippen molar-refractivity contribution < 1.29 is 18.0 Å². The Morgan fingerprint density at radius 1 is 0.841 bits per heavy atom. The Morgan fingerprint density at radius 2 is 1.43 bits per heavy atom. The lowest BCUT2D eigenvalue weighted by Gasteiger charge is -2.34. The van der Waals surface area contributed by atoms with Crippen molar-refractivity contribution >= 4 is 43.5 Å². The molecule has 4 aromatic rings. The SMILES string of the molecule is CC[C@@H](C)NC(=O)[C@H](Cc1ccccc1)N(Cc1ccccc1C)C(=O)CN(c1ccc(Br)cc1)S(=O)(=O)c1ccccc1. The Balaban J connectivity index is 1.80. The van der Waals surface area contributed by atoms with E-state index < -0.39 is 28.5 Å². The summed E-state index contributed by atoms with van der Waals surface area (Å²) in [6.45, 7) is 5.51. The molecule has 0 radical (unpaired) electrons. The average molecular weight is 677 g/mol. The van der Waals surface area contributed by atoms with Crippen LogP contribution in [0.15, 0.2) is 119 Å². The van der Waals surface area contributed by atoms with Gasteiger partial charge in [-0.15, -0.1) is 0 Å². The van der Waals surface area contributed by atoms with E-state index in [4.69, 9.17) is 0 Å². The van der Waals surface area contributed by atoms with Gasteiger partial charge in [0.25, 0.3) is 10.0 Å². The van der Waals surface area contributed by atoms with Crippen molar-refractivity contribution in [3.05, 3.63) is 130 Å². The van der Waals surface area contributed by atoms with Crippen LogP contribution in [0.25, 0.3) is 0 Å². The number of carbonyl (C=O) groups excluding carboxylic acids is 2. The quantitative estimate of drug-likeness (QED) is 0.175. The van der Waals surface area contributed by atoms with E-state index in [9.17, 15) is 18.0 Å². The van der Waals surface area contributed by atoms with Gasteiger partial charge in [-0.3, -0.25) is 13.9 Å². The minimum absolute atomic E-state index is 0.0662. The average Bonchev–Trinajstić information content (AvgIpc) is 3.03. The first-order chi connectivity index (χ1) is 21.1. The summed E-state index contributed by atoms with van der Waals surface area (Å²) >= 11 is 3.41. The molecule has 0 aliphatic carbocycles. The molecule has 2 atom stereocenters. The Kier molecular flexibility index (Phi) is 11.4. The fourth-order valence-electron chi connectivity index (χ4n) is 4.82. The highest BCUT2D eigenvalue weighted by Gasteiger charge is 2.35. The van der Waals surface area contributed by atoms with E-state index in [0.717, 1.165) is 31.9 Å². The standard InChI is InChI=1S/C35H38BrN3O4S/c1-4-27(3)37-35(41)33(23-28-14-7-5-8-15-28)38(24-29-16-12-11-13-26(29)2)34(40)25-39(31-21-19-30(36)20-22-31)44(42,43)32-17-9-6-10-18-32/h5-22,27,33H,4,23-25H2,1-3H3,(H,37,41)/t27-,33+/m1/s1. The smallest absolute Gasteiger partial charge is 0.264 e. The lowest BCUT2D eigenvalue weighted by molar-refractivity contribution is -0.140. The zero-order chi connectivity index (χ0) is 31.7. The molecule has 0 unspecified atom stereocenters. The van der Waals surface area contributed by atoms with E-state index in [1.54, 1.807) is 42.5 Å². The van der Waals surface area contributed by atoms with E-state index in [2.05, 4.69) is 21.2 Å². The molecule has 0 saturated carbocycles. The number of aryl methyl sites for hydroxylation is 1. The fourth-order valence-corrected chi connectivity index (χ4v) is 6.52. The van der Waals surface area contributed by atoms with Gasteiger partial charge in [-0.2, -0.15) is 0 Å². The Morgan fingerprint density at radius 3 is 2.05 bits per heavy atom. The molecule has 44 heavy (non-hydrogen) atoms. The molecule has 230 valence electrons. The van der Waals surface area contributed by atoms with Gasteiger partial charge in [-0.25, -0.2) is 8.42 Å². The Bertz CT molecular complexity index is 1650. The first-order valence-corrected chi connectivity index (χ1v) is 16.8. The minimum Gasteiger partial charge on any atom is -0.352 e. The first kappa shape index (κ1) is 33.0. The summed E-state index contributed by atoms with van der Waals surface area (Å²) < 4.78 is 30.0. The molecular formula is C35H38BrN3O4S. The number of rotatable bonds is 13. The summed E-state index contributed by atoms with van der Waals surface area (Å²) in [5, 5.41) is 3.06. The molecule has 7 nitrogen and oxygen atoms in total. The second-order valence-electron chi connectivity index (χ2n) is 10.8.